The van der Waals surface area contributed by atoms with E-state index >= 15 is 0 Å². The minimum atomic E-state index is -0.726. The minimum absolute atomic E-state index is 0.0239. The second kappa shape index (κ2) is 9.73. The highest BCUT2D eigenvalue weighted by molar-refractivity contribution is 5.81. The predicted molar refractivity (Wildman–Crippen MR) is 69.0 cm³/mol. The molecule has 0 aliphatic heterocycles. The molecule has 104 valence electrons. The van der Waals surface area contributed by atoms with Crippen LogP contribution in [0.3, 0.4) is 0 Å². The zero-order valence-electron chi connectivity index (χ0n) is 11.1. The van der Waals surface area contributed by atoms with Crippen LogP contribution >= 0.6 is 0 Å². The summed E-state index contributed by atoms with van der Waals surface area (Å²) in [7, 11) is 1.76. The molecular weight excluding hydrogens is 234 g/mol. The Morgan fingerprint density at radius 3 is 2.50 bits per heavy atom. The third-order valence-corrected chi connectivity index (χ3v) is 2.68. The summed E-state index contributed by atoms with van der Waals surface area (Å²) < 4.78 is 0. The van der Waals surface area contributed by atoms with E-state index in [1.54, 1.807) is 14.0 Å². The van der Waals surface area contributed by atoms with Gasteiger partial charge in [0.15, 0.2) is 0 Å². The molecule has 6 heteroatoms. The van der Waals surface area contributed by atoms with Gasteiger partial charge in [-0.1, -0.05) is 0 Å². The van der Waals surface area contributed by atoms with Crippen LogP contribution in [0.1, 0.15) is 32.6 Å². The van der Waals surface area contributed by atoms with Crippen LogP contribution in [0.4, 0.5) is 0 Å². The lowest BCUT2D eigenvalue weighted by Crippen LogP contribution is -2.34. The van der Waals surface area contributed by atoms with E-state index in [0.717, 1.165) is 19.3 Å². The van der Waals surface area contributed by atoms with Gasteiger partial charge in [-0.2, -0.15) is 0 Å². The summed E-state index contributed by atoms with van der Waals surface area (Å²) in [4.78, 5) is 32.6. The summed E-state index contributed by atoms with van der Waals surface area (Å²) in [6, 6.07) is -0.833. The lowest BCUT2D eigenvalue weighted by atomic mass is 10.1. The first-order valence-corrected chi connectivity index (χ1v) is 6.16. The number of nitrogens with one attached hydrogen (secondary N) is 2. The van der Waals surface area contributed by atoms with Crippen LogP contribution in [0.25, 0.3) is 0 Å². The van der Waals surface area contributed by atoms with Gasteiger partial charge >= 0.3 is 0 Å². The Kier molecular flexibility index (Phi) is 9.04. The Morgan fingerprint density at radius 2 is 2.00 bits per heavy atom. The van der Waals surface area contributed by atoms with E-state index < -0.39 is 6.04 Å². The molecular formula is C12H23N3O3. The smallest absolute Gasteiger partial charge is 0.222 e. The molecule has 0 aromatic rings. The van der Waals surface area contributed by atoms with Crippen molar-refractivity contribution in [3.05, 3.63) is 0 Å². The van der Waals surface area contributed by atoms with Crippen molar-refractivity contribution in [3.63, 3.8) is 0 Å². The Labute approximate surface area is 108 Å². The molecule has 0 aliphatic carbocycles. The van der Waals surface area contributed by atoms with Gasteiger partial charge in [0.2, 0.25) is 5.91 Å². The van der Waals surface area contributed by atoms with Crippen LogP contribution in [0.5, 0.6) is 0 Å². The topological polar surface area (TPSA) is 101 Å². The molecule has 0 heterocycles. The highest BCUT2D eigenvalue weighted by Gasteiger charge is 2.11. The van der Waals surface area contributed by atoms with E-state index in [1.165, 1.54) is 0 Å². The number of amides is 1. The number of carbonyl (C=O) groups excluding carboxylic acids is 3. The van der Waals surface area contributed by atoms with Gasteiger partial charge in [-0.05, 0) is 33.2 Å². The van der Waals surface area contributed by atoms with Gasteiger partial charge in [0.05, 0.1) is 12.1 Å². The number of carbonyl (C=O) groups is 3. The zero-order chi connectivity index (χ0) is 14.0. The van der Waals surface area contributed by atoms with E-state index in [4.69, 9.17) is 5.73 Å². The SMILES string of the molecule is CN[C@@H](CCCCNC(=O)C[C@H](N)C=O)C(C)=O. The van der Waals surface area contributed by atoms with E-state index in [9.17, 15) is 14.4 Å². The predicted octanol–water partition coefficient (Wildman–Crippen LogP) is -0.634. The summed E-state index contributed by atoms with van der Waals surface area (Å²) in [5.41, 5.74) is 5.32. The van der Waals surface area contributed by atoms with Gasteiger partial charge in [-0.25, -0.2) is 0 Å². The maximum atomic E-state index is 11.3. The van der Waals surface area contributed by atoms with Gasteiger partial charge in [-0.15, -0.1) is 0 Å². The summed E-state index contributed by atoms with van der Waals surface area (Å²) >= 11 is 0. The van der Waals surface area contributed by atoms with Crippen molar-refractivity contribution in [2.75, 3.05) is 13.6 Å². The quantitative estimate of drug-likeness (QED) is 0.357. The van der Waals surface area contributed by atoms with Gasteiger partial charge in [0, 0.05) is 13.0 Å². The number of Topliss-reactive ketones (excluding diaryl/α,β-unsaturated/α-hetero) is 1. The normalized spacial score (nSPS) is 13.7. The second-order valence-electron chi connectivity index (χ2n) is 4.30. The van der Waals surface area contributed by atoms with Crippen LogP contribution in [-0.4, -0.2) is 43.7 Å². The first-order chi connectivity index (χ1) is 8.51. The molecule has 4 N–H and O–H groups in total. The number of hydrogen-bond acceptors (Lipinski definition) is 5. The lowest BCUT2D eigenvalue weighted by molar-refractivity contribution is -0.123. The number of aldehydes is 1. The second-order valence-corrected chi connectivity index (χ2v) is 4.30. The van der Waals surface area contributed by atoms with Crippen molar-refractivity contribution in [2.45, 2.75) is 44.7 Å². The number of ketones is 1. The van der Waals surface area contributed by atoms with Crippen molar-refractivity contribution in [1.82, 2.24) is 10.6 Å². The highest BCUT2D eigenvalue weighted by Crippen LogP contribution is 2.01. The molecule has 6 nitrogen and oxygen atoms in total. The van der Waals surface area contributed by atoms with E-state index in [0.29, 0.717) is 12.8 Å². The molecule has 0 aliphatic rings. The van der Waals surface area contributed by atoms with E-state index in [2.05, 4.69) is 10.6 Å². The first kappa shape index (κ1) is 16.7. The van der Waals surface area contributed by atoms with Gasteiger partial charge in [0.25, 0.3) is 0 Å². The highest BCUT2D eigenvalue weighted by atomic mass is 16.2. The molecule has 0 rings (SSSR count). The largest absolute Gasteiger partial charge is 0.356 e. The number of rotatable bonds is 10. The van der Waals surface area contributed by atoms with Gasteiger partial charge in [0.1, 0.15) is 12.1 Å². The lowest BCUT2D eigenvalue weighted by Gasteiger charge is -2.12. The summed E-state index contributed by atoms with van der Waals surface area (Å²) in [5.74, 6) is -0.0928. The number of unbranched alkanes of at least 4 members (excludes halogenated alkanes) is 1. The monoisotopic (exact) mass is 257 g/mol. The fraction of sp³-hybridized carbons (Fsp3) is 0.750. The molecule has 2 atom stereocenters. The maximum absolute atomic E-state index is 11.3. The third kappa shape index (κ3) is 7.92. The van der Waals surface area contributed by atoms with Crippen LogP contribution in [0.15, 0.2) is 0 Å². The van der Waals surface area contributed by atoms with Crippen molar-refractivity contribution in [1.29, 1.82) is 0 Å². The summed E-state index contributed by atoms with van der Waals surface area (Å²) in [6.07, 6.45) is 2.99. The molecule has 0 fully saturated rings. The molecule has 0 bridgehead atoms. The zero-order valence-corrected chi connectivity index (χ0v) is 11.1. The van der Waals surface area contributed by atoms with E-state index in [-0.39, 0.29) is 24.2 Å². The standard InChI is InChI=1S/C12H23N3O3/c1-9(17)11(14-2)5-3-4-6-15-12(18)7-10(13)8-16/h8,10-11,14H,3-7,13H2,1-2H3,(H,15,18)/t10-,11-/m0/s1. The number of hydrogen-bond donors (Lipinski definition) is 3. The molecule has 0 saturated heterocycles. The molecule has 0 radical (unpaired) electrons. The van der Waals surface area contributed by atoms with Crippen molar-refractivity contribution in [2.24, 2.45) is 5.73 Å². The van der Waals surface area contributed by atoms with Crippen molar-refractivity contribution < 1.29 is 14.4 Å². The molecule has 0 saturated carbocycles. The average molecular weight is 257 g/mol. The molecule has 0 unspecified atom stereocenters. The molecule has 0 aromatic carbocycles. The number of likely N-dealkylation sites (N-methyl/N-ethyl adjacent to an activating group) is 1. The Bertz CT molecular complexity index is 282. The van der Waals surface area contributed by atoms with Gasteiger partial charge < -0.3 is 21.2 Å². The maximum Gasteiger partial charge on any atom is 0.222 e. The Morgan fingerprint density at radius 1 is 1.33 bits per heavy atom. The van der Waals surface area contributed by atoms with Crippen LogP contribution in [0.2, 0.25) is 0 Å². The Hall–Kier alpha value is -1.27. The fourth-order valence-corrected chi connectivity index (χ4v) is 1.59. The molecule has 0 aromatic heterocycles. The number of nitrogens with two attached hydrogens (primary N) is 1. The van der Waals surface area contributed by atoms with Crippen LogP contribution < -0.4 is 16.4 Å². The molecule has 18 heavy (non-hydrogen) atoms. The molecule has 0 spiro atoms. The van der Waals surface area contributed by atoms with Crippen molar-refractivity contribution in [3.8, 4) is 0 Å². The molecule has 1 amide bonds. The fourth-order valence-electron chi connectivity index (χ4n) is 1.59. The van der Waals surface area contributed by atoms with E-state index in [1.807, 2.05) is 0 Å². The summed E-state index contributed by atoms with van der Waals surface area (Å²) in [5, 5.41) is 5.63. The summed E-state index contributed by atoms with van der Waals surface area (Å²) in [6.45, 7) is 2.10. The third-order valence-electron chi connectivity index (χ3n) is 2.68. The minimum Gasteiger partial charge on any atom is -0.356 e. The van der Waals surface area contributed by atoms with Crippen molar-refractivity contribution >= 4 is 18.0 Å². The van der Waals surface area contributed by atoms with Crippen LogP contribution in [0, 0.1) is 0 Å². The van der Waals surface area contributed by atoms with Gasteiger partial charge in [-0.3, -0.25) is 9.59 Å². The average Bonchev–Trinajstić information content (AvgIpc) is 2.32. The first-order valence-electron chi connectivity index (χ1n) is 6.16. The Balaban J connectivity index is 3.59. The van der Waals surface area contributed by atoms with Crippen LogP contribution in [-0.2, 0) is 14.4 Å².